The minimum atomic E-state index is 0.0599. The molecule has 2 aliphatic rings. The summed E-state index contributed by atoms with van der Waals surface area (Å²) in [6, 6.07) is 8.91. The maximum Gasteiger partial charge on any atom is 0.228 e. The molecule has 194 valence electrons. The number of amides is 1. The molecular weight excluding hydrogens is 461 g/mol. The fourth-order valence-corrected chi connectivity index (χ4v) is 6.12. The van der Waals surface area contributed by atoms with E-state index >= 15 is 0 Å². The molecule has 1 saturated heterocycles. The number of nitrogens with one attached hydrogen (secondary N) is 1. The van der Waals surface area contributed by atoms with E-state index in [2.05, 4.69) is 111 Å². The predicted octanol–water partition coefficient (Wildman–Crippen LogP) is 6.84. The molecule has 0 spiro atoms. The summed E-state index contributed by atoms with van der Waals surface area (Å²) in [5.41, 5.74) is 8.61. The van der Waals surface area contributed by atoms with Gasteiger partial charge in [-0.15, -0.1) is 0 Å². The molecular formula is C31H44N3OP. The van der Waals surface area contributed by atoms with Gasteiger partial charge < -0.3 is 15.1 Å². The van der Waals surface area contributed by atoms with Crippen molar-refractivity contribution in [2.75, 3.05) is 25.8 Å². The molecule has 0 saturated carbocycles. The topological polar surface area (TPSA) is 35.6 Å². The van der Waals surface area contributed by atoms with Crippen molar-refractivity contribution in [1.29, 1.82) is 0 Å². The normalized spacial score (nSPS) is 19.7. The van der Waals surface area contributed by atoms with Gasteiger partial charge in [0, 0.05) is 48.7 Å². The number of piperazine rings is 1. The van der Waals surface area contributed by atoms with Crippen LogP contribution in [-0.2, 0) is 11.2 Å². The summed E-state index contributed by atoms with van der Waals surface area (Å²) in [4.78, 5) is 17.8. The van der Waals surface area contributed by atoms with E-state index in [1.165, 1.54) is 27.8 Å². The van der Waals surface area contributed by atoms with Crippen LogP contribution in [0.2, 0.25) is 0 Å². The standard InChI is InChI=1S/C31H44N3OP/c1-7-9-24(5)34-18-17-33(21-25(34)6)31-16-15-29(22-36-31)32-30(35)20-26-11-13-27(14-12-26)28(10-8-2)19-23(3)4/h9-16,19,25,36H,7-8,17-18,20-22H2,1-6H3,(H,32,35)/b24-9-,28-10+. The van der Waals surface area contributed by atoms with Crippen molar-refractivity contribution >= 4 is 20.1 Å². The van der Waals surface area contributed by atoms with E-state index in [1.54, 1.807) is 0 Å². The molecule has 0 radical (unpaired) electrons. The molecule has 1 amide bonds. The van der Waals surface area contributed by atoms with Gasteiger partial charge in [-0.05, 0) is 69.4 Å². The largest absolute Gasteiger partial charge is 0.369 e. The molecule has 1 fully saturated rings. The second kappa shape index (κ2) is 13.7. The monoisotopic (exact) mass is 505 g/mol. The first-order valence-electron chi connectivity index (χ1n) is 13.4. The van der Waals surface area contributed by atoms with E-state index in [0.29, 0.717) is 21.0 Å². The highest BCUT2D eigenvalue weighted by Gasteiger charge is 2.25. The van der Waals surface area contributed by atoms with Crippen LogP contribution >= 0.6 is 8.58 Å². The van der Waals surface area contributed by atoms with Crippen LogP contribution in [0, 0.1) is 0 Å². The average molecular weight is 506 g/mol. The summed E-state index contributed by atoms with van der Waals surface area (Å²) in [6.45, 7) is 16.3. The Morgan fingerprint density at radius 3 is 2.36 bits per heavy atom. The number of rotatable bonds is 9. The Balaban J connectivity index is 1.54. The highest BCUT2D eigenvalue weighted by Crippen LogP contribution is 2.34. The first kappa shape index (κ1) is 28.0. The molecule has 0 bridgehead atoms. The summed E-state index contributed by atoms with van der Waals surface area (Å²) in [7, 11) is 0.700. The molecule has 36 heavy (non-hydrogen) atoms. The fourth-order valence-electron chi connectivity index (χ4n) is 4.91. The van der Waals surface area contributed by atoms with E-state index in [1.807, 2.05) is 0 Å². The minimum absolute atomic E-state index is 0.0599. The van der Waals surface area contributed by atoms with Gasteiger partial charge in [-0.25, -0.2) is 0 Å². The molecule has 5 heteroatoms. The first-order valence-corrected chi connectivity index (χ1v) is 14.6. The van der Waals surface area contributed by atoms with Gasteiger partial charge in [0.2, 0.25) is 5.91 Å². The molecule has 0 aromatic heterocycles. The Morgan fingerprint density at radius 1 is 1.06 bits per heavy atom. The lowest BCUT2D eigenvalue weighted by molar-refractivity contribution is -0.119. The van der Waals surface area contributed by atoms with Crippen LogP contribution in [0.25, 0.3) is 5.57 Å². The van der Waals surface area contributed by atoms with Crippen LogP contribution in [-0.4, -0.2) is 47.5 Å². The van der Waals surface area contributed by atoms with Gasteiger partial charge in [0.15, 0.2) is 0 Å². The number of nitrogens with zero attached hydrogens (tertiary/aromatic N) is 2. The number of allylic oxidation sites excluding steroid dienone is 9. The average Bonchev–Trinajstić information content (AvgIpc) is 2.84. The van der Waals surface area contributed by atoms with Crippen LogP contribution in [0.4, 0.5) is 0 Å². The van der Waals surface area contributed by atoms with Gasteiger partial charge in [0.25, 0.3) is 0 Å². The van der Waals surface area contributed by atoms with Crippen molar-refractivity contribution in [3.05, 3.63) is 88.2 Å². The van der Waals surface area contributed by atoms with Crippen molar-refractivity contribution in [3.63, 3.8) is 0 Å². The third-order valence-electron chi connectivity index (χ3n) is 6.64. The third kappa shape index (κ3) is 7.96. The molecule has 2 unspecified atom stereocenters. The lowest BCUT2D eigenvalue weighted by Crippen LogP contribution is -2.50. The SMILES string of the molecule is CC/C=C(/C)N1CCN(C2=CC=C(NC(=O)Cc3ccc(/C(C=C(C)C)=C/CC)cc3)CP2)CC1C. The lowest BCUT2D eigenvalue weighted by atomic mass is 10.00. The zero-order valence-corrected chi connectivity index (χ0v) is 24.0. The molecule has 0 aliphatic carbocycles. The van der Waals surface area contributed by atoms with Crippen molar-refractivity contribution in [2.24, 2.45) is 0 Å². The quantitative estimate of drug-likeness (QED) is 0.295. The van der Waals surface area contributed by atoms with E-state index in [4.69, 9.17) is 0 Å². The second-order valence-corrected chi connectivity index (χ2v) is 11.3. The van der Waals surface area contributed by atoms with Crippen LogP contribution in [0.15, 0.2) is 77.1 Å². The molecule has 2 aliphatic heterocycles. The number of hydrogen-bond donors (Lipinski definition) is 1. The molecule has 1 aromatic rings. The van der Waals surface area contributed by atoms with E-state index < -0.39 is 0 Å². The van der Waals surface area contributed by atoms with Gasteiger partial charge in [0.05, 0.1) is 6.42 Å². The van der Waals surface area contributed by atoms with Gasteiger partial charge in [-0.3, -0.25) is 4.79 Å². The Hall–Kier alpha value is -2.58. The zero-order valence-electron chi connectivity index (χ0n) is 23.0. The fraction of sp³-hybridized carbons (Fsp3) is 0.452. The first-order chi connectivity index (χ1) is 17.3. The zero-order chi connectivity index (χ0) is 26.1. The van der Waals surface area contributed by atoms with E-state index in [0.717, 1.165) is 49.9 Å². The maximum atomic E-state index is 12.7. The lowest BCUT2D eigenvalue weighted by Gasteiger charge is -2.44. The van der Waals surface area contributed by atoms with Gasteiger partial charge >= 0.3 is 0 Å². The van der Waals surface area contributed by atoms with Crippen molar-refractivity contribution in [1.82, 2.24) is 15.1 Å². The third-order valence-corrected chi connectivity index (χ3v) is 8.05. The molecule has 2 heterocycles. The van der Waals surface area contributed by atoms with Crippen molar-refractivity contribution in [2.45, 2.75) is 66.8 Å². The Bertz CT molecular complexity index is 1060. The molecule has 1 aromatic carbocycles. The van der Waals surface area contributed by atoms with Gasteiger partial charge in [-0.1, -0.05) is 70.5 Å². The summed E-state index contributed by atoms with van der Waals surface area (Å²) in [5, 5.41) is 3.15. The van der Waals surface area contributed by atoms with Crippen molar-refractivity contribution < 1.29 is 4.79 Å². The predicted molar refractivity (Wildman–Crippen MR) is 157 cm³/mol. The number of hydrogen-bond acceptors (Lipinski definition) is 3. The Morgan fingerprint density at radius 2 is 1.78 bits per heavy atom. The van der Waals surface area contributed by atoms with Crippen LogP contribution < -0.4 is 5.32 Å². The van der Waals surface area contributed by atoms with Crippen LogP contribution in [0.3, 0.4) is 0 Å². The second-order valence-electron chi connectivity index (χ2n) is 10.1. The van der Waals surface area contributed by atoms with E-state index in [9.17, 15) is 4.79 Å². The smallest absolute Gasteiger partial charge is 0.228 e. The van der Waals surface area contributed by atoms with Gasteiger partial charge in [0.1, 0.15) is 0 Å². The van der Waals surface area contributed by atoms with Gasteiger partial charge in [-0.2, -0.15) is 0 Å². The Kier molecular flexibility index (Phi) is 10.6. The minimum Gasteiger partial charge on any atom is -0.369 e. The summed E-state index contributed by atoms with van der Waals surface area (Å²) in [6.07, 6.45) is 14.5. The molecule has 4 nitrogen and oxygen atoms in total. The van der Waals surface area contributed by atoms with Crippen LogP contribution in [0.5, 0.6) is 0 Å². The highest BCUT2D eigenvalue weighted by atomic mass is 31.1. The van der Waals surface area contributed by atoms with Crippen LogP contribution in [0.1, 0.15) is 65.5 Å². The highest BCUT2D eigenvalue weighted by molar-refractivity contribution is 7.43. The number of carbonyl (C=O) groups is 1. The summed E-state index contributed by atoms with van der Waals surface area (Å²) in [5.74, 6) is 0.0599. The molecule has 1 N–H and O–H groups in total. The number of carbonyl (C=O) groups excluding carboxylic acids is 1. The summed E-state index contributed by atoms with van der Waals surface area (Å²) < 4.78 is 0. The maximum absolute atomic E-state index is 12.7. The van der Waals surface area contributed by atoms with Crippen molar-refractivity contribution in [3.8, 4) is 0 Å². The molecule has 3 rings (SSSR count). The number of benzene rings is 1. The van der Waals surface area contributed by atoms with E-state index in [-0.39, 0.29) is 5.91 Å². The molecule has 2 atom stereocenters. The summed E-state index contributed by atoms with van der Waals surface area (Å²) >= 11 is 0. The Labute approximate surface area is 220 Å².